The lowest BCUT2D eigenvalue weighted by molar-refractivity contribution is -0.161. The predicted octanol–water partition coefficient (Wildman–Crippen LogP) is 1.46. The standard InChI is InChI=1S/3C17H18N2O6S/c3*1-17(2)11(16(24)25)19-13(21)10(14(19)26-17)18-12(20)9(15(22)23)8-6-4-3-5-7-8/h3*3-7,9-11,14H,1-2H3,(H,18,20)(H,22,23)(H,24,25)/t3*9?,10-,11+,14-/m111/s1. The van der Waals surface area contributed by atoms with Crippen molar-refractivity contribution in [2.75, 3.05) is 0 Å². The smallest absolute Gasteiger partial charge is 0.327 e. The number of rotatable bonds is 15. The Hall–Kier alpha value is -7.65. The number of benzene rings is 3. The molecule has 12 atom stereocenters. The van der Waals surface area contributed by atoms with Crippen molar-refractivity contribution in [3.8, 4) is 0 Å². The van der Waals surface area contributed by atoms with Crippen molar-refractivity contribution in [1.29, 1.82) is 0 Å². The molecule has 6 saturated heterocycles. The molecule has 0 radical (unpaired) electrons. The summed E-state index contributed by atoms with van der Waals surface area (Å²) in [6, 6.07) is 18.3. The Morgan fingerprint density at radius 1 is 0.397 bits per heavy atom. The Morgan fingerprint density at radius 3 is 0.782 bits per heavy atom. The zero-order valence-electron chi connectivity index (χ0n) is 42.2. The number of fused-ring (bicyclic) bond motifs is 3. The predicted molar refractivity (Wildman–Crippen MR) is 277 cm³/mol. The number of carbonyl (C=O) groups excluding carboxylic acids is 6. The first kappa shape index (κ1) is 58.0. The van der Waals surface area contributed by atoms with Gasteiger partial charge in [0, 0.05) is 14.2 Å². The van der Waals surface area contributed by atoms with Crippen molar-refractivity contribution < 1.29 is 88.2 Å². The second-order valence-corrected chi connectivity index (χ2v) is 25.6. The van der Waals surface area contributed by atoms with Gasteiger partial charge in [0.25, 0.3) is 0 Å². The molecule has 27 heteroatoms. The summed E-state index contributed by atoms with van der Waals surface area (Å²) in [6.07, 6.45) is 0. The largest absolute Gasteiger partial charge is 0.480 e. The lowest BCUT2D eigenvalue weighted by Crippen LogP contribution is -2.71. The van der Waals surface area contributed by atoms with Crippen LogP contribution in [0.15, 0.2) is 91.0 Å². The summed E-state index contributed by atoms with van der Waals surface area (Å²) in [5.41, 5.74) is 0.928. The fourth-order valence-electron chi connectivity index (χ4n) is 10.3. The third kappa shape index (κ3) is 10.8. The molecule has 9 N–H and O–H groups in total. The maximum Gasteiger partial charge on any atom is 0.327 e. The third-order valence-corrected chi connectivity index (χ3v) is 18.6. The van der Waals surface area contributed by atoms with E-state index in [4.69, 9.17) is 0 Å². The fourth-order valence-corrected chi connectivity index (χ4v) is 15.2. The van der Waals surface area contributed by atoms with E-state index in [0.717, 1.165) is 0 Å². The highest BCUT2D eigenvalue weighted by Gasteiger charge is 2.67. The number of aliphatic carboxylic acids is 6. The number of nitrogens with zero attached hydrogens (tertiary/aromatic N) is 3. The molecule has 0 aliphatic carbocycles. The molecule has 9 rings (SSSR count). The van der Waals surface area contributed by atoms with Crippen molar-refractivity contribution in [3.63, 3.8) is 0 Å². The average molecular weight is 1140 g/mol. The Balaban J connectivity index is 0.000000170. The molecule has 0 aromatic heterocycles. The van der Waals surface area contributed by atoms with Gasteiger partial charge in [0.1, 0.15) is 52.4 Å². The summed E-state index contributed by atoms with van der Waals surface area (Å²) in [4.78, 5) is 148. The normalized spacial score (nSPS) is 27.2. The number of carbonyl (C=O) groups is 12. The van der Waals surface area contributed by atoms with E-state index in [1.54, 1.807) is 96.1 Å². The van der Waals surface area contributed by atoms with Gasteiger partial charge in [-0.2, -0.15) is 0 Å². The summed E-state index contributed by atoms with van der Waals surface area (Å²) in [6.45, 7) is 10.4. The van der Waals surface area contributed by atoms with E-state index in [0.29, 0.717) is 16.7 Å². The van der Waals surface area contributed by atoms with E-state index in [1.807, 2.05) is 0 Å². The molecule has 0 saturated carbocycles. The summed E-state index contributed by atoms with van der Waals surface area (Å²) in [5.74, 6) is -15.5. The lowest BCUT2D eigenvalue weighted by atomic mass is 9.94. The van der Waals surface area contributed by atoms with Crippen molar-refractivity contribution in [2.24, 2.45) is 0 Å². The number of carboxylic acids is 6. The monoisotopic (exact) mass is 1130 g/mol. The second kappa shape index (κ2) is 22.0. The Kier molecular flexibility index (Phi) is 16.4. The number of amides is 6. The third-order valence-electron chi connectivity index (χ3n) is 13.8. The molecule has 6 amide bonds. The number of carboxylic acid groups (broad SMARTS) is 6. The Morgan fingerprint density at radius 2 is 0.603 bits per heavy atom. The molecule has 6 aliphatic heterocycles. The van der Waals surface area contributed by atoms with Gasteiger partial charge in [0.2, 0.25) is 35.4 Å². The fraction of sp³-hybridized carbons (Fsp3) is 0.412. The maximum atomic E-state index is 12.5. The van der Waals surface area contributed by atoms with Gasteiger partial charge in [-0.05, 0) is 58.2 Å². The Bertz CT molecular complexity index is 2650. The van der Waals surface area contributed by atoms with E-state index in [-0.39, 0.29) is 0 Å². The second-order valence-electron chi connectivity index (χ2n) is 20.3. The minimum absolute atomic E-state index is 0.309. The van der Waals surface area contributed by atoms with Crippen LogP contribution in [0.4, 0.5) is 0 Å². The van der Waals surface area contributed by atoms with Gasteiger partial charge in [-0.1, -0.05) is 91.0 Å². The molecule has 3 aromatic carbocycles. The van der Waals surface area contributed by atoms with Crippen LogP contribution in [-0.2, 0) is 57.5 Å². The van der Waals surface area contributed by atoms with Crippen molar-refractivity contribution in [2.45, 2.75) is 126 Å². The average Bonchev–Trinajstić information content (AvgIpc) is 3.93. The summed E-state index contributed by atoms with van der Waals surface area (Å²) in [7, 11) is 0. The van der Waals surface area contributed by atoms with Crippen LogP contribution in [0.1, 0.15) is 76.0 Å². The van der Waals surface area contributed by atoms with Gasteiger partial charge in [-0.15, -0.1) is 35.3 Å². The SMILES string of the molecule is CC1(C)S[C@@H]2[C@H](NC(=O)C(C(=O)O)c3ccccc3)C(=O)N2[C@H]1C(=O)O.CC1(C)S[C@@H]2[C@H](NC(=O)C(C(=O)O)c3ccccc3)C(=O)N2[C@H]1C(=O)O.CC1(C)S[C@@H]2[C@H](NC(=O)C(C(=O)O)c3ccccc3)C(=O)N2[C@H]1C(=O)O. The maximum absolute atomic E-state index is 12.5. The van der Waals surface area contributed by atoms with Crippen LogP contribution in [0.5, 0.6) is 0 Å². The van der Waals surface area contributed by atoms with Gasteiger partial charge < -0.3 is 61.3 Å². The minimum Gasteiger partial charge on any atom is -0.480 e. The highest BCUT2D eigenvalue weighted by Crippen LogP contribution is 2.53. The molecular weight excluding hydrogens is 1080 g/mol. The van der Waals surface area contributed by atoms with Crippen molar-refractivity contribution in [3.05, 3.63) is 108 Å². The molecule has 0 spiro atoms. The van der Waals surface area contributed by atoms with Crippen molar-refractivity contribution in [1.82, 2.24) is 30.7 Å². The quantitative estimate of drug-likeness (QED) is 0.0768. The van der Waals surface area contributed by atoms with Crippen LogP contribution in [0, 0.1) is 0 Å². The number of hydrogen-bond donors (Lipinski definition) is 9. The van der Waals surface area contributed by atoms with Gasteiger partial charge in [0.05, 0.1) is 0 Å². The molecule has 3 unspecified atom stereocenters. The van der Waals surface area contributed by atoms with E-state index >= 15 is 0 Å². The molecule has 414 valence electrons. The molecular formula is C51H54N6O18S3. The molecule has 0 bridgehead atoms. The lowest BCUT2D eigenvalue weighted by Gasteiger charge is -2.43. The molecule has 3 aromatic rings. The van der Waals surface area contributed by atoms with Crippen LogP contribution in [0.2, 0.25) is 0 Å². The minimum atomic E-state index is -1.44. The van der Waals surface area contributed by atoms with Gasteiger partial charge in [0.15, 0.2) is 17.8 Å². The van der Waals surface area contributed by atoms with Crippen LogP contribution in [-0.4, -0.2) is 183 Å². The number of hydrogen-bond acceptors (Lipinski definition) is 15. The topological polar surface area (TPSA) is 372 Å². The molecule has 78 heavy (non-hydrogen) atoms. The summed E-state index contributed by atoms with van der Waals surface area (Å²) in [5, 5.41) is 62.3. The summed E-state index contributed by atoms with van der Waals surface area (Å²) >= 11 is 3.86. The van der Waals surface area contributed by atoms with Gasteiger partial charge in [-0.3, -0.25) is 43.2 Å². The van der Waals surface area contributed by atoms with E-state index in [2.05, 4.69) is 16.0 Å². The van der Waals surface area contributed by atoms with Crippen LogP contribution in [0.25, 0.3) is 0 Å². The van der Waals surface area contributed by atoms with Crippen LogP contribution < -0.4 is 16.0 Å². The van der Waals surface area contributed by atoms with Gasteiger partial charge >= 0.3 is 35.8 Å². The van der Waals surface area contributed by atoms with Crippen molar-refractivity contribution >= 4 is 107 Å². The highest BCUT2D eigenvalue weighted by atomic mass is 32.2. The number of thioether (sulfide) groups is 3. The highest BCUT2D eigenvalue weighted by molar-refractivity contribution is 8.02. The zero-order valence-corrected chi connectivity index (χ0v) is 44.7. The first-order chi connectivity index (χ1) is 36.4. The van der Waals surface area contributed by atoms with Gasteiger partial charge in [-0.25, -0.2) is 14.4 Å². The molecule has 6 heterocycles. The van der Waals surface area contributed by atoms with E-state index in [1.165, 1.54) is 86.4 Å². The number of β-lactam (4-membered cyclic amide) rings is 3. The van der Waals surface area contributed by atoms with Crippen LogP contribution >= 0.6 is 35.3 Å². The first-order valence-electron chi connectivity index (χ1n) is 23.9. The van der Waals surface area contributed by atoms with E-state index < -0.39 is 156 Å². The van der Waals surface area contributed by atoms with E-state index in [9.17, 15) is 88.2 Å². The van der Waals surface area contributed by atoms with Crippen LogP contribution in [0.3, 0.4) is 0 Å². The summed E-state index contributed by atoms with van der Waals surface area (Å²) < 4.78 is -2.13. The molecule has 6 aliphatic rings. The zero-order chi connectivity index (χ0) is 57.7. The Labute approximate surface area is 457 Å². The first-order valence-corrected chi connectivity index (χ1v) is 26.5. The molecule has 6 fully saturated rings. The number of nitrogens with one attached hydrogen (secondary N) is 3. The molecule has 24 nitrogen and oxygen atoms in total.